The molecule has 1 heterocycles. The Kier molecular flexibility index (Phi) is 3.75. The summed E-state index contributed by atoms with van der Waals surface area (Å²) in [5.41, 5.74) is 0. The van der Waals surface area contributed by atoms with Crippen molar-refractivity contribution in [2.24, 2.45) is 0 Å². The van der Waals surface area contributed by atoms with E-state index >= 15 is 0 Å². The van der Waals surface area contributed by atoms with Crippen LogP contribution < -0.4 is 10.1 Å². The molecule has 0 aliphatic rings. The van der Waals surface area contributed by atoms with Gasteiger partial charge >= 0.3 is 6.09 Å². The van der Waals surface area contributed by atoms with Crippen LogP contribution in [-0.4, -0.2) is 22.2 Å². The van der Waals surface area contributed by atoms with Gasteiger partial charge in [0.1, 0.15) is 5.75 Å². The molecular weight excluding hydrogens is 218 g/mol. The lowest BCUT2D eigenvalue weighted by molar-refractivity contribution is 0.200. The molecule has 17 heavy (non-hydrogen) atoms. The number of rotatable bonds is 4. The van der Waals surface area contributed by atoms with E-state index in [9.17, 15) is 4.79 Å². The van der Waals surface area contributed by atoms with Gasteiger partial charge in [-0.05, 0) is 12.1 Å². The van der Waals surface area contributed by atoms with Crippen molar-refractivity contribution in [3.63, 3.8) is 0 Å². The van der Waals surface area contributed by atoms with Crippen molar-refractivity contribution < 1.29 is 9.53 Å². The maximum atomic E-state index is 11.4. The molecule has 2 aromatic rings. The summed E-state index contributed by atoms with van der Waals surface area (Å²) in [4.78, 5) is 15.3. The molecule has 0 bridgehead atoms. The van der Waals surface area contributed by atoms with Gasteiger partial charge < -0.3 is 14.6 Å². The number of imidazole rings is 1. The summed E-state index contributed by atoms with van der Waals surface area (Å²) in [5.74, 6) is 0.535. The molecule has 5 heteroatoms. The van der Waals surface area contributed by atoms with Crippen molar-refractivity contribution in [2.75, 3.05) is 6.54 Å². The van der Waals surface area contributed by atoms with Crippen LogP contribution >= 0.6 is 0 Å². The van der Waals surface area contributed by atoms with Gasteiger partial charge in [-0.25, -0.2) is 9.78 Å². The van der Waals surface area contributed by atoms with E-state index in [1.807, 2.05) is 29.0 Å². The van der Waals surface area contributed by atoms with Crippen molar-refractivity contribution >= 4 is 6.09 Å². The van der Waals surface area contributed by atoms with Gasteiger partial charge in [0.15, 0.2) is 0 Å². The summed E-state index contributed by atoms with van der Waals surface area (Å²) in [6.45, 7) is 1.17. The largest absolute Gasteiger partial charge is 0.412 e. The number of hydrogen-bond donors (Lipinski definition) is 1. The van der Waals surface area contributed by atoms with Crippen molar-refractivity contribution in [1.82, 2.24) is 14.9 Å². The molecule has 0 fully saturated rings. The predicted octanol–water partition coefficient (Wildman–Crippen LogP) is 1.67. The second kappa shape index (κ2) is 5.69. The summed E-state index contributed by atoms with van der Waals surface area (Å²) in [6.07, 6.45) is 4.78. The first-order valence-corrected chi connectivity index (χ1v) is 5.31. The predicted molar refractivity (Wildman–Crippen MR) is 62.7 cm³/mol. The number of carbonyl (C=O) groups excluding carboxylic acids is 1. The minimum Gasteiger partial charge on any atom is -0.410 e. The average molecular weight is 231 g/mol. The summed E-state index contributed by atoms with van der Waals surface area (Å²) >= 11 is 0. The van der Waals surface area contributed by atoms with Crippen LogP contribution in [0.5, 0.6) is 5.75 Å². The second-order valence-corrected chi connectivity index (χ2v) is 3.43. The number of amides is 1. The number of hydrogen-bond acceptors (Lipinski definition) is 3. The van der Waals surface area contributed by atoms with Gasteiger partial charge in [0.25, 0.3) is 0 Å². The smallest absolute Gasteiger partial charge is 0.410 e. The molecule has 0 radical (unpaired) electrons. The molecule has 0 aliphatic heterocycles. The van der Waals surface area contributed by atoms with Crippen LogP contribution in [-0.2, 0) is 6.54 Å². The van der Waals surface area contributed by atoms with E-state index in [1.165, 1.54) is 0 Å². The van der Waals surface area contributed by atoms with Gasteiger partial charge in [0, 0.05) is 25.5 Å². The highest BCUT2D eigenvalue weighted by atomic mass is 16.5. The number of nitrogens with one attached hydrogen (secondary N) is 1. The third-order valence-electron chi connectivity index (χ3n) is 2.15. The van der Waals surface area contributed by atoms with Gasteiger partial charge in [-0.3, -0.25) is 0 Å². The summed E-state index contributed by atoms with van der Waals surface area (Å²) < 4.78 is 6.94. The van der Waals surface area contributed by atoms with E-state index in [2.05, 4.69) is 10.3 Å². The number of aromatic nitrogens is 2. The zero-order valence-electron chi connectivity index (χ0n) is 9.24. The van der Waals surface area contributed by atoms with Crippen LogP contribution in [0.15, 0.2) is 49.1 Å². The second-order valence-electron chi connectivity index (χ2n) is 3.43. The average Bonchev–Trinajstić information content (AvgIpc) is 2.83. The van der Waals surface area contributed by atoms with Crippen molar-refractivity contribution in [3.8, 4) is 5.75 Å². The SMILES string of the molecule is O=C(NCCn1ccnc1)Oc1ccccc1. The van der Waals surface area contributed by atoms with Crippen LogP contribution in [0, 0.1) is 0 Å². The Balaban J connectivity index is 1.71. The van der Waals surface area contributed by atoms with E-state index in [4.69, 9.17) is 4.74 Å². The molecule has 1 N–H and O–H groups in total. The number of ether oxygens (including phenoxy) is 1. The Morgan fingerprint density at radius 2 is 2.18 bits per heavy atom. The molecule has 0 saturated heterocycles. The maximum Gasteiger partial charge on any atom is 0.412 e. The normalized spacial score (nSPS) is 9.88. The lowest BCUT2D eigenvalue weighted by atomic mass is 10.3. The van der Waals surface area contributed by atoms with E-state index in [0.717, 1.165) is 0 Å². The zero-order valence-corrected chi connectivity index (χ0v) is 9.24. The van der Waals surface area contributed by atoms with Gasteiger partial charge in [0.2, 0.25) is 0 Å². The number of benzene rings is 1. The Hall–Kier alpha value is -2.30. The van der Waals surface area contributed by atoms with Gasteiger partial charge in [-0.2, -0.15) is 0 Å². The third-order valence-corrected chi connectivity index (χ3v) is 2.15. The van der Waals surface area contributed by atoms with Crippen LogP contribution in [0.2, 0.25) is 0 Å². The number of para-hydroxylation sites is 1. The standard InChI is InChI=1S/C12H13N3O2/c16-12(17-11-4-2-1-3-5-11)14-7-9-15-8-6-13-10-15/h1-6,8,10H,7,9H2,(H,14,16). The molecule has 0 atom stereocenters. The highest BCUT2D eigenvalue weighted by Crippen LogP contribution is 2.07. The highest BCUT2D eigenvalue weighted by Gasteiger charge is 2.02. The highest BCUT2D eigenvalue weighted by molar-refractivity contribution is 5.70. The molecule has 0 spiro atoms. The molecule has 2 rings (SSSR count). The topological polar surface area (TPSA) is 56.2 Å². The lowest BCUT2D eigenvalue weighted by Gasteiger charge is -2.06. The Morgan fingerprint density at radius 1 is 1.35 bits per heavy atom. The Bertz CT molecular complexity index is 454. The Morgan fingerprint density at radius 3 is 2.88 bits per heavy atom. The summed E-state index contributed by atoms with van der Waals surface area (Å²) in [5, 5.41) is 2.66. The van der Waals surface area contributed by atoms with E-state index in [1.54, 1.807) is 24.7 Å². The minimum atomic E-state index is -0.448. The fourth-order valence-electron chi connectivity index (χ4n) is 1.34. The molecular formula is C12H13N3O2. The molecule has 1 aromatic heterocycles. The fourth-order valence-corrected chi connectivity index (χ4v) is 1.34. The maximum absolute atomic E-state index is 11.4. The van der Waals surface area contributed by atoms with Crippen molar-refractivity contribution in [2.45, 2.75) is 6.54 Å². The molecule has 0 saturated carbocycles. The van der Waals surface area contributed by atoms with Gasteiger partial charge in [-0.15, -0.1) is 0 Å². The molecule has 0 unspecified atom stereocenters. The number of nitrogens with zero attached hydrogens (tertiary/aromatic N) is 2. The first kappa shape index (κ1) is 11.2. The fraction of sp³-hybridized carbons (Fsp3) is 0.167. The molecule has 88 valence electrons. The molecule has 5 nitrogen and oxygen atoms in total. The molecule has 0 aliphatic carbocycles. The lowest BCUT2D eigenvalue weighted by Crippen LogP contribution is -2.29. The van der Waals surface area contributed by atoms with Crippen LogP contribution in [0.4, 0.5) is 4.79 Å². The van der Waals surface area contributed by atoms with Crippen LogP contribution in [0.3, 0.4) is 0 Å². The van der Waals surface area contributed by atoms with Crippen LogP contribution in [0.1, 0.15) is 0 Å². The van der Waals surface area contributed by atoms with E-state index < -0.39 is 6.09 Å². The van der Waals surface area contributed by atoms with Crippen molar-refractivity contribution in [1.29, 1.82) is 0 Å². The van der Waals surface area contributed by atoms with Gasteiger partial charge in [-0.1, -0.05) is 18.2 Å². The minimum absolute atomic E-state index is 0.448. The summed E-state index contributed by atoms with van der Waals surface area (Å²) in [6, 6.07) is 8.96. The van der Waals surface area contributed by atoms with E-state index in [-0.39, 0.29) is 0 Å². The first-order chi connectivity index (χ1) is 8.34. The molecule has 1 amide bonds. The Labute approximate surface area is 99.0 Å². The van der Waals surface area contributed by atoms with Crippen molar-refractivity contribution in [3.05, 3.63) is 49.1 Å². The number of carbonyl (C=O) groups is 1. The molecule has 1 aromatic carbocycles. The zero-order chi connectivity index (χ0) is 11.9. The first-order valence-electron chi connectivity index (χ1n) is 5.31. The third kappa shape index (κ3) is 3.64. The quantitative estimate of drug-likeness (QED) is 0.870. The van der Waals surface area contributed by atoms with E-state index in [0.29, 0.717) is 18.8 Å². The van der Waals surface area contributed by atoms with Crippen LogP contribution in [0.25, 0.3) is 0 Å². The monoisotopic (exact) mass is 231 g/mol. The summed E-state index contributed by atoms with van der Waals surface area (Å²) in [7, 11) is 0. The van der Waals surface area contributed by atoms with Gasteiger partial charge in [0.05, 0.1) is 6.33 Å².